The molecule has 0 bridgehead atoms. The van der Waals surface area contributed by atoms with Crippen LogP contribution >= 0.6 is 0 Å². The molecule has 8 heteroatoms. The average Bonchev–Trinajstić information content (AvgIpc) is 2.30. The van der Waals surface area contributed by atoms with Crippen LogP contribution in [-0.2, 0) is 16.5 Å². The Labute approximate surface area is 100 Å². The molecule has 0 aliphatic carbocycles. The Morgan fingerprint density at radius 3 is 1.78 bits per heavy atom. The second kappa shape index (κ2) is 4.83. The molecule has 0 spiro atoms. The quantitative estimate of drug-likeness (QED) is 0.371. The molecule has 0 saturated carbocycles. The number of alkyl halides is 1. The fraction of sp³-hybridized carbons (Fsp3) is 0.400. The average molecular weight is 288 g/mol. The van der Waals surface area contributed by atoms with Crippen molar-refractivity contribution in [1.29, 1.82) is 0 Å². The molecule has 1 aromatic rings. The van der Waals surface area contributed by atoms with Crippen LogP contribution in [0.1, 0.15) is 19.4 Å². The van der Waals surface area contributed by atoms with Gasteiger partial charge in [0.05, 0.1) is 5.25 Å². The van der Waals surface area contributed by atoms with Crippen LogP contribution in [0.3, 0.4) is 0 Å². The molecular formula is C10H9F5O2S. The van der Waals surface area contributed by atoms with Crippen LogP contribution in [0.5, 0.6) is 0 Å². The highest BCUT2D eigenvalue weighted by Gasteiger charge is 2.34. The van der Waals surface area contributed by atoms with E-state index >= 15 is 0 Å². The van der Waals surface area contributed by atoms with Gasteiger partial charge in [0.1, 0.15) is 11.6 Å². The van der Waals surface area contributed by atoms with E-state index in [9.17, 15) is 30.4 Å². The summed E-state index contributed by atoms with van der Waals surface area (Å²) in [6, 6.07) is 0. The monoisotopic (exact) mass is 288 g/mol. The first kappa shape index (κ1) is 14.9. The zero-order valence-electron chi connectivity index (χ0n) is 9.40. The van der Waals surface area contributed by atoms with Gasteiger partial charge in [-0.25, -0.2) is 30.4 Å². The van der Waals surface area contributed by atoms with Gasteiger partial charge in [-0.2, -0.15) is 0 Å². The van der Waals surface area contributed by atoms with Gasteiger partial charge < -0.3 is 0 Å². The van der Waals surface area contributed by atoms with Crippen LogP contribution in [-0.4, -0.2) is 13.7 Å². The van der Waals surface area contributed by atoms with Crippen molar-refractivity contribution >= 4 is 9.84 Å². The largest absolute Gasteiger partial charge is 0.246 e. The summed E-state index contributed by atoms with van der Waals surface area (Å²) in [7, 11) is -4.47. The van der Waals surface area contributed by atoms with E-state index in [0.717, 1.165) is 13.8 Å². The molecule has 0 amide bonds. The predicted octanol–water partition coefficient (Wildman–Crippen LogP) is 2.89. The van der Waals surface area contributed by atoms with Gasteiger partial charge in [-0.3, -0.25) is 0 Å². The zero-order chi connectivity index (χ0) is 14.2. The van der Waals surface area contributed by atoms with Crippen LogP contribution in [0, 0.1) is 23.3 Å². The summed E-state index contributed by atoms with van der Waals surface area (Å²) in [6.07, 6.45) is 0. The van der Waals surface area contributed by atoms with Crippen molar-refractivity contribution in [2.45, 2.75) is 30.7 Å². The molecule has 0 fully saturated rings. The minimum atomic E-state index is -4.47. The highest BCUT2D eigenvalue weighted by molar-refractivity contribution is 7.92. The molecule has 1 rings (SSSR count). The standard InChI is InChI=1S/C10H9F5O2S/c1-4(2)18(16,17)10-5(3-11)6(12)7(13)8(14)9(10)15/h4H,3H2,1-2H3. The summed E-state index contributed by atoms with van der Waals surface area (Å²) in [5.74, 6) is -8.64. The lowest BCUT2D eigenvalue weighted by Crippen LogP contribution is -2.20. The molecular weight excluding hydrogens is 279 g/mol. The Morgan fingerprint density at radius 2 is 1.39 bits per heavy atom. The third kappa shape index (κ3) is 2.09. The summed E-state index contributed by atoms with van der Waals surface area (Å²) in [5.41, 5.74) is -1.33. The Balaban J connectivity index is 3.85. The molecule has 0 radical (unpaired) electrons. The lowest BCUT2D eigenvalue weighted by molar-refractivity contribution is 0.371. The summed E-state index contributed by atoms with van der Waals surface area (Å²) >= 11 is 0. The van der Waals surface area contributed by atoms with Crippen molar-refractivity contribution in [3.8, 4) is 0 Å². The van der Waals surface area contributed by atoms with Gasteiger partial charge in [-0.05, 0) is 13.8 Å². The molecule has 0 saturated heterocycles. The van der Waals surface area contributed by atoms with E-state index in [2.05, 4.69) is 0 Å². The maximum Gasteiger partial charge on any atom is 0.198 e. The molecule has 18 heavy (non-hydrogen) atoms. The lowest BCUT2D eigenvalue weighted by Gasteiger charge is -2.14. The van der Waals surface area contributed by atoms with Gasteiger partial charge in [0.2, 0.25) is 0 Å². The molecule has 0 heterocycles. The Kier molecular flexibility index (Phi) is 3.99. The van der Waals surface area contributed by atoms with Gasteiger partial charge >= 0.3 is 0 Å². The van der Waals surface area contributed by atoms with Gasteiger partial charge in [-0.15, -0.1) is 0 Å². The summed E-state index contributed by atoms with van der Waals surface area (Å²) in [6.45, 7) is 0.479. The van der Waals surface area contributed by atoms with Crippen molar-refractivity contribution in [1.82, 2.24) is 0 Å². The van der Waals surface area contributed by atoms with E-state index in [1.807, 2.05) is 0 Å². The van der Waals surface area contributed by atoms with Crippen molar-refractivity contribution in [3.63, 3.8) is 0 Å². The Bertz CT molecular complexity index is 581. The van der Waals surface area contributed by atoms with Gasteiger partial charge in [0, 0.05) is 5.56 Å². The molecule has 0 atom stereocenters. The summed E-state index contributed by atoms with van der Waals surface area (Å²) in [4.78, 5) is -1.46. The van der Waals surface area contributed by atoms with E-state index in [1.54, 1.807) is 0 Å². The molecule has 0 aromatic heterocycles. The maximum absolute atomic E-state index is 13.4. The molecule has 102 valence electrons. The first-order chi connectivity index (χ1) is 8.16. The number of sulfone groups is 1. The van der Waals surface area contributed by atoms with E-state index in [1.165, 1.54) is 0 Å². The number of benzene rings is 1. The normalized spacial score (nSPS) is 12.2. The van der Waals surface area contributed by atoms with E-state index in [0.29, 0.717) is 0 Å². The third-order valence-corrected chi connectivity index (χ3v) is 4.59. The van der Waals surface area contributed by atoms with Crippen molar-refractivity contribution in [2.24, 2.45) is 0 Å². The number of hydrogen-bond acceptors (Lipinski definition) is 2. The Morgan fingerprint density at radius 1 is 0.944 bits per heavy atom. The smallest absolute Gasteiger partial charge is 0.198 e. The molecule has 0 aliphatic rings. The molecule has 1 aromatic carbocycles. The first-order valence-corrected chi connectivity index (χ1v) is 6.35. The van der Waals surface area contributed by atoms with Crippen LogP contribution < -0.4 is 0 Å². The van der Waals surface area contributed by atoms with Crippen molar-refractivity contribution in [2.75, 3.05) is 0 Å². The highest BCUT2D eigenvalue weighted by atomic mass is 32.2. The SMILES string of the molecule is CC(C)S(=O)(=O)c1c(F)c(F)c(F)c(F)c1CF. The van der Waals surface area contributed by atoms with Gasteiger partial charge in [-0.1, -0.05) is 0 Å². The molecule has 2 nitrogen and oxygen atoms in total. The lowest BCUT2D eigenvalue weighted by atomic mass is 10.2. The molecule has 0 aliphatic heterocycles. The predicted molar refractivity (Wildman–Crippen MR) is 53.4 cm³/mol. The second-order valence-corrected chi connectivity index (χ2v) is 6.23. The molecule has 0 unspecified atom stereocenters. The van der Waals surface area contributed by atoms with E-state index < -0.39 is 55.5 Å². The summed E-state index contributed by atoms with van der Waals surface area (Å²) < 4.78 is 88.4. The maximum atomic E-state index is 13.4. The second-order valence-electron chi connectivity index (χ2n) is 3.79. The van der Waals surface area contributed by atoms with Crippen molar-refractivity contribution < 1.29 is 30.4 Å². The topological polar surface area (TPSA) is 34.1 Å². The van der Waals surface area contributed by atoms with Gasteiger partial charge in [0.25, 0.3) is 0 Å². The van der Waals surface area contributed by atoms with E-state index in [4.69, 9.17) is 0 Å². The van der Waals surface area contributed by atoms with Crippen molar-refractivity contribution in [3.05, 3.63) is 28.8 Å². The fourth-order valence-corrected chi connectivity index (χ4v) is 2.61. The molecule has 0 N–H and O–H groups in total. The zero-order valence-corrected chi connectivity index (χ0v) is 10.2. The number of rotatable bonds is 3. The fourth-order valence-electron chi connectivity index (χ4n) is 1.31. The highest BCUT2D eigenvalue weighted by Crippen LogP contribution is 2.30. The minimum Gasteiger partial charge on any atom is -0.246 e. The van der Waals surface area contributed by atoms with Crippen LogP contribution in [0.2, 0.25) is 0 Å². The summed E-state index contributed by atoms with van der Waals surface area (Å²) in [5, 5.41) is -1.23. The van der Waals surface area contributed by atoms with Crippen LogP contribution in [0.25, 0.3) is 0 Å². The van der Waals surface area contributed by atoms with E-state index in [-0.39, 0.29) is 0 Å². The van der Waals surface area contributed by atoms with Crippen LogP contribution in [0.15, 0.2) is 4.90 Å². The number of halogens is 5. The Hall–Kier alpha value is -1.18. The van der Waals surface area contributed by atoms with Gasteiger partial charge in [0.15, 0.2) is 33.1 Å². The number of hydrogen-bond donors (Lipinski definition) is 0. The van der Waals surface area contributed by atoms with Crippen LogP contribution in [0.4, 0.5) is 22.0 Å². The third-order valence-electron chi connectivity index (χ3n) is 2.36. The minimum absolute atomic E-state index is 1.12. The first-order valence-electron chi connectivity index (χ1n) is 4.80.